The number of rotatable bonds is 6. The summed E-state index contributed by atoms with van der Waals surface area (Å²) in [4.78, 5) is 20.1. The fourth-order valence-electron chi connectivity index (χ4n) is 2.90. The van der Waals surface area contributed by atoms with E-state index in [9.17, 15) is 4.79 Å². The van der Waals surface area contributed by atoms with Crippen LogP contribution < -0.4 is 5.32 Å². The number of hydrogen-bond donors (Lipinski definition) is 1. The molecule has 0 unspecified atom stereocenters. The first-order valence-electron chi connectivity index (χ1n) is 9.21. The van der Waals surface area contributed by atoms with E-state index in [2.05, 4.69) is 27.3 Å². The molecule has 1 aromatic carbocycles. The predicted molar refractivity (Wildman–Crippen MR) is 118 cm³/mol. The average molecular weight is 490 g/mol. The van der Waals surface area contributed by atoms with Gasteiger partial charge in [0.05, 0.1) is 13.2 Å². The van der Waals surface area contributed by atoms with Crippen molar-refractivity contribution in [1.82, 2.24) is 15.1 Å². The number of guanidine groups is 1. The van der Waals surface area contributed by atoms with E-state index in [1.165, 1.54) is 11.1 Å². The monoisotopic (exact) mass is 490 g/mol. The Bertz CT molecular complexity index is 604. The minimum absolute atomic E-state index is 0. The van der Waals surface area contributed by atoms with Gasteiger partial charge in [0.15, 0.2) is 5.96 Å². The van der Waals surface area contributed by atoms with Crippen molar-refractivity contribution in [3.8, 4) is 0 Å². The van der Waals surface area contributed by atoms with Gasteiger partial charge in [0.1, 0.15) is 0 Å². The molecule has 0 atom stereocenters. The van der Waals surface area contributed by atoms with Crippen LogP contribution in [0.1, 0.15) is 25.0 Å². The number of ether oxygens (including phenoxy) is 2. The quantitative estimate of drug-likeness (QED) is 0.378. The Morgan fingerprint density at radius 2 is 1.70 bits per heavy atom. The predicted octanol–water partition coefficient (Wildman–Crippen LogP) is 2.69. The molecule has 1 aliphatic rings. The normalized spacial score (nSPS) is 14.6. The molecule has 152 valence electrons. The Kier molecular flexibility index (Phi) is 11.1. The zero-order valence-corrected chi connectivity index (χ0v) is 18.8. The molecule has 0 saturated carbocycles. The van der Waals surface area contributed by atoms with Gasteiger partial charge in [0, 0.05) is 46.4 Å². The molecule has 0 aliphatic carbocycles. The van der Waals surface area contributed by atoms with E-state index in [1.54, 1.807) is 11.9 Å². The number of amides is 1. The van der Waals surface area contributed by atoms with Gasteiger partial charge in [0.25, 0.3) is 0 Å². The number of carbonyl (C=O) groups excluding carboxylic acids is 1. The van der Waals surface area contributed by atoms with Crippen LogP contribution in [0.15, 0.2) is 29.3 Å². The van der Waals surface area contributed by atoms with Crippen molar-refractivity contribution in [3.05, 3.63) is 35.4 Å². The lowest BCUT2D eigenvalue weighted by molar-refractivity contribution is 0.0914. The molecule has 1 saturated heterocycles. The molecule has 7 nitrogen and oxygen atoms in total. The summed E-state index contributed by atoms with van der Waals surface area (Å²) in [6, 6.07) is 8.26. The molecular weight excluding hydrogens is 459 g/mol. The highest BCUT2D eigenvalue weighted by Crippen LogP contribution is 2.11. The van der Waals surface area contributed by atoms with Crippen molar-refractivity contribution in [2.24, 2.45) is 4.99 Å². The SMILES string of the molecule is CCOCc1ccccc1CNC(=NC)N1CCN(C(=O)OCC)CC1.I. The van der Waals surface area contributed by atoms with Crippen molar-refractivity contribution in [2.75, 3.05) is 46.4 Å². The van der Waals surface area contributed by atoms with E-state index in [-0.39, 0.29) is 30.1 Å². The van der Waals surface area contributed by atoms with E-state index in [0.29, 0.717) is 39.5 Å². The van der Waals surface area contributed by atoms with Gasteiger partial charge in [-0.1, -0.05) is 24.3 Å². The van der Waals surface area contributed by atoms with Crippen LogP contribution in [-0.4, -0.2) is 68.3 Å². The Morgan fingerprint density at radius 1 is 1.07 bits per heavy atom. The van der Waals surface area contributed by atoms with Crippen LogP contribution in [-0.2, 0) is 22.6 Å². The standard InChI is InChI=1S/C19H30N4O3.HI/c1-4-25-15-17-9-7-6-8-16(17)14-21-18(20-3)22-10-12-23(13-11-22)19(24)26-5-2;/h6-9H,4-5,10-15H2,1-3H3,(H,20,21);1H. The van der Waals surface area contributed by atoms with Gasteiger partial charge in [-0.25, -0.2) is 4.79 Å². The molecule has 2 rings (SSSR count). The minimum Gasteiger partial charge on any atom is -0.450 e. The van der Waals surface area contributed by atoms with Gasteiger partial charge in [-0.2, -0.15) is 0 Å². The second kappa shape index (κ2) is 12.8. The number of nitrogens with one attached hydrogen (secondary N) is 1. The Labute approximate surface area is 179 Å². The second-order valence-electron chi connectivity index (χ2n) is 5.98. The Morgan fingerprint density at radius 3 is 2.30 bits per heavy atom. The van der Waals surface area contributed by atoms with Crippen LogP contribution in [0.25, 0.3) is 0 Å². The van der Waals surface area contributed by atoms with Crippen molar-refractivity contribution in [2.45, 2.75) is 27.0 Å². The maximum absolute atomic E-state index is 11.8. The highest BCUT2D eigenvalue weighted by molar-refractivity contribution is 14.0. The number of aliphatic imine (C=N–C) groups is 1. The first-order valence-corrected chi connectivity index (χ1v) is 9.21. The number of benzene rings is 1. The molecule has 1 amide bonds. The Balaban J connectivity index is 0.00000364. The summed E-state index contributed by atoms with van der Waals surface area (Å²) < 4.78 is 10.6. The van der Waals surface area contributed by atoms with Crippen LogP contribution in [0.4, 0.5) is 4.79 Å². The number of halogens is 1. The van der Waals surface area contributed by atoms with Crippen LogP contribution in [0.2, 0.25) is 0 Å². The molecular formula is C19H31IN4O3. The van der Waals surface area contributed by atoms with E-state index in [1.807, 2.05) is 26.0 Å². The number of nitrogens with zero attached hydrogens (tertiary/aromatic N) is 3. The molecule has 1 aromatic rings. The highest BCUT2D eigenvalue weighted by Gasteiger charge is 2.23. The summed E-state index contributed by atoms with van der Waals surface area (Å²) in [5.41, 5.74) is 2.39. The van der Waals surface area contributed by atoms with Crippen LogP contribution in [0, 0.1) is 0 Å². The Hall–Kier alpha value is -1.55. The van der Waals surface area contributed by atoms with Crippen LogP contribution in [0.3, 0.4) is 0 Å². The molecule has 0 spiro atoms. The number of piperazine rings is 1. The van der Waals surface area contributed by atoms with Gasteiger partial charge < -0.3 is 24.6 Å². The van der Waals surface area contributed by atoms with Gasteiger partial charge in [-0.15, -0.1) is 24.0 Å². The van der Waals surface area contributed by atoms with Crippen molar-refractivity contribution in [3.63, 3.8) is 0 Å². The van der Waals surface area contributed by atoms with Crippen molar-refractivity contribution in [1.29, 1.82) is 0 Å². The number of hydrogen-bond acceptors (Lipinski definition) is 4. The van der Waals surface area contributed by atoms with Crippen LogP contribution in [0.5, 0.6) is 0 Å². The topological polar surface area (TPSA) is 66.4 Å². The molecule has 1 N–H and O–H groups in total. The third kappa shape index (κ3) is 7.17. The maximum Gasteiger partial charge on any atom is 0.409 e. The largest absolute Gasteiger partial charge is 0.450 e. The molecule has 1 heterocycles. The van der Waals surface area contributed by atoms with E-state index >= 15 is 0 Å². The lowest BCUT2D eigenvalue weighted by Gasteiger charge is -2.35. The van der Waals surface area contributed by atoms with Crippen molar-refractivity contribution < 1.29 is 14.3 Å². The maximum atomic E-state index is 11.8. The molecule has 0 aromatic heterocycles. The minimum atomic E-state index is -0.236. The molecule has 1 aliphatic heterocycles. The summed E-state index contributed by atoms with van der Waals surface area (Å²) in [7, 11) is 1.78. The third-order valence-electron chi connectivity index (χ3n) is 4.33. The lowest BCUT2D eigenvalue weighted by Crippen LogP contribution is -2.53. The zero-order valence-electron chi connectivity index (χ0n) is 16.4. The van der Waals surface area contributed by atoms with E-state index in [4.69, 9.17) is 9.47 Å². The summed E-state index contributed by atoms with van der Waals surface area (Å²) in [5.74, 6) is 0.847. The average Bonchev–Trinajstić information content (AvgIpc) is 2.68. The van der Waals surface area contributed by atoms with Gasteiger partial charge >= 0.3 is 6.09 Å². The molecule has 1 fully saturated rings. The van der Waals surface area contributed by atoms with E-state index < -0.39 is 0 Å². The smallest absolute Gasteiger partial charge is 0.409 e. The van der Waals surface area contributed by atoms with Crippen molar-refractivity contribution >= 4 is 36.0 Å². The molecule has 0 bridgehead atoms. The first-order chi connectivity index (χ1) is 12.7. The summed E-state index contributed by atoms with van der Waals surface area (Å²) >= 11 is 0. The zero-order chi connectivity index (χ0) is 18.8. The summed E-state index contributed by atoms with van der Waals surface area (Å²) in [6.07, 6.45) is -0.236. The fourth-order valence-corrected chi connectivity index (χ4v) is 2.90. The van der Waals surface area contributed by atoms with Crippen LogP contribution >= 0.6 is 24.0 Å². The third-order valence-corrected chi connectivity index (χ3v) is 4.33. The molecule has 8 heteroatoms. The van der Waals surface area contributed by atoms with Gasteiger partial charge in [-0.05, 0) is 25.0 Å². The van der Waals surface area contributed by atoms with Gasteiger partial charge in [0.2, 0.25) is 0 Å². The molecule has 0 radical (unpaired) electrons. The highest BCUT2D eigenvalue weighted by atomic mass is 127. The summed E-state index contributed by atoms with van der Waals surface area (Å²) in [6.45, 7) is 8.98. The lowest BCUT2D eigenvalue weighted by atomic mass is 10.1. The first kappa shape index (κ1) is 23.5. The van der Waals surface area contributed by atoms with E-state index in [0.717, 1.165) is 19.0 Å². The fraction of sp³-hybridized carbons (Fsp3) is 0.579. The summed E-state index contributed by atoms with van der Waals surface area (Å²) in [5, 5.41) is 3.43. The van der Waals surface area contributed by atoms with Gasteiger partial charge in [-0.3, -0.25) is 4.99 Å². The number of carbonyl (C=O) groups is 1. The molecule has 27 heavy (non-hydrogen) atoms. The second-order valence-corrected chi connectivity index (χ2v) is 5.98.